The van der Waals surface area contributed by atoms with Crippen molar-refractivity contribution < 1.29 is 22.6 Å². The third-order valence-electron chi connectivity index (χ3n) is 5.22. The molecule has 0 rings (SSSR count). The number of ketones is 2. The van der Waals surface area contributed by atoms with Crippen LogP contribution in [0.2, 0.25) is 0 Å². The normalized spacial score (nSPS) is 14.9. The van der Waals surface area contributed by atoms with Crippen LogP contribution in [0.3, 0.4) is 0 Å². The van der Waals surface area contributed by atoms with Crippen LogP contribution in [0.25, 0.3) is 0 Å². The Balaban J connectivity index is 0. The molecule has 0 aromatic rings. The molecule has 0 aromatic carbocycles. The van der Waals surface area contributed by atoms with Gasteiger partial charge in [-0.2, -0.15) is 8.42 Å². The molecule has 156 valence electrons. The van der Waals surface area contributed by atoms with Crippen LogP contribution >= 0.6 is 0 Å². The van der Waals surface area contributed by atoms with Gasteiger partial charge in [-0.15, -0.1) is 0 Å². The molecule has 0 heterocycles. The molecule has 0 saturated heterocycles. The van der Waals surface area contributed by atoms with Crippen molar-refractivity contribution in [2.75, 3.05) is 0 Å². The fourth-order valence-corrected chi connectivity index (χ4v) is 4.12. The fraction of sp³-hybridized carbons (Fsp3) is 0.900. The molecular formula is C20H39NaO5S. The van der Waals surface area contributed by atoms with Crippen LogP contribution in [0.4, 0.5) is 0 Å². The van der Waals surface area contributed by atoms with Gasteiger partial charge < -0.3 is 0 Å². The Morgan fingerprint density at radius 1 is 0.815 bits per heavy atom. The maximum absolute atomic E-state index is 12.5. The number of rotatable bonds is 16. The van der Waals surface area contributed by atoms with Gasteiger partial charge in [0.25, 0.3) is 10.1 Å². The molecule has 0 aliphatic heterocycles. The van der Waals surface area contributed by atoms with Gasteiger partial charge in [0.15, 0.2) is 11.0 Å². The summed E-state index contributed by atoms with van der Waals surface area (Å²) in [6, 6.07) is 0. The molecule has 0 amide bonds. The molecule has 5 nitrogen and oxygen atoms in total. The Kier molecular flexibility index (Phi) is 17.6. The second-order valence-corrected chi connectivity index (χ2v) is 9.05. The van der Waals surface area contributed by atoms with Crippen LogP contribution in [0.5, 0.6) is 0 Å². The first-order valence-corrected chi connectivity index (χ1v) is 11.7. The van der Waals surface area contributed by atoms with E-state index in [0.717, 1.165) is 51.4 Å². The first-order valence-electron chi connectivity index (χ1n) is 10.2. The van der Waals surface area contributed by atoms with Gasteiger partial charge in [-0.3, -0.25) is 14.1 Å². The van der Waals surface area contributed by atoms with E-state index in [2.05, 4.69) is 13.8 Å². The zero-order chi connectivity index (χ0) is 20.2. The van der Waals surface area contributed by atoms with Crippen molar-refractivity contribution in [1.82, 2.24) is 0 Å². The van der Waals surface area contributed by atoms with Crippen molar-refractivity contribution in [2.45, 2.75) is 104 Å². The van der Waals surface area contributed by atoms with Gasteiger partial charge in [0.1, 0.15) is 5.78 Å². The molecule has 0 fully saturated rings. The standard InChI is InChI=1S/C20H38O5S.Na.H/c1-5-9-11-16(7-3)13-18(21)15-20(26(23,24)25)19(22)14-17(8-4)12-10-6-2;;/h16-17,20H,5-15H2,1-4H3,(H,23,24,25);;. The van der Waals surface area contributed by atoms with E-state index in [4.69, 9.17) is 0 Å². The number of unbranched alkanes of at least 4 members (excludes halogenated alkanes) is 2. The third-order valence-corrected chi connectivity index (χ3v) is 6.37. The van der Waals surface area contributed by atoms with E-state index in [9.17, 15) is 22.6 Å². The molecule has 0 saturated carbocycles. The summed E-state index contributed by atoms with van der Waals surface area (Å²) in [5, 5.41) is -1.60. The van der Waals surface area contributed by atoms with Crippen LogP contribution < -0.4 is 0 Å². The van der Waals surface area contributed by atoms with E-state index in [1.165, 1.54) is 0 Å². The summed E-state index contributed by atoms with van der Waals surface area (Å²) in [4.78, 5) is 24.8. The first-order chi connectivity index (χ1) is 12.2. The summed E-state index contributed by atoms with van der Waals surface area (Å²) < 4.78 is 32.9. The predicted octanol–water partition coefficient (Wildman–Crippen LogP) is 4.34. The van der Waals surface area contributed by atoms with E-state index in [-0.39, 0.29) is 60.0 Å². The summed E-state index contributed by atoms with van der Waals surface area (Å²) in [5.74, 6) is -0.446. The molecule has 1 N–H and O–H groups in total. The molecule has 7 heteroatoms. The molecular weight excluding hydrogens is 375 g/mol. The van der Waals surface area contributed by atoms with E-state index in [1.54, 1.807) is 0 Å². The average Bonchev–Trinajstić information content (AvgIpc) is 2.58. The van der Waals surface area contributed by atoms with Crippen molar-refractivity contribution in [1.29, 1.82) is 0 Å². The van der Waals surface area contributed by atoms with Gasteiger partial charge in [0.2, 0.25) is 0 Å². The Morgan fingerprint density at radius 2 is 1.26 bits per heavy atom. The molecule has 0 radical (unpaired) electrons. The summed E-state index contributed by atoms with van der Waals surface area (Å²) in [5.41, 5.74) is 0. The van der Waals surface area contributed by atoms with E-state index in [0.29, 0.717) is 0 Å². The van der Waals surface area contributed by atoms with E-state index in [1.807, 2.05) is 13.8 Å². The van der Waals surface area contributed by atoms with Crippen LogP contribution in [0, 0.1) is 11.8 Å². The average molecular weight is 415 g/mol. The van der Waals surface area contributed by atoms with E-state index >= 15 is 0 Å². The zero-order valence-electron chi connectivity index (χ0n) is 17.0. The molecule has 0 aromatic heterocycles. The van der Waals surface area contributed by atoms with Crippen molar-refractivity contribution >= 4 is 51.2 Å². The molecule has 0 spiro atoms. The minimum absolute atomic E-state index is 0. The summed E-state index contributed by atoms with van der Waals surface area (Å²) in [6.07, 6.45) is 7.50. The SMILES string of the molecule is CCCCC(CC)CC(=O)CC(C(=O)CC(CC)CCCC)S(=O)(=O)O.[NaH]. The number of carbonyl (C=O) groups excluding carboxylic acids is 2. The number of Topliss-reactive ketones (excluding diaryl/α,β-unsaturated/α-hetero) is 2. The minimum atomic E-state index is -4.56. The van der Waals surface area contributed by atoms with Gasteiger partial charge in [-0.05, 0) is 11.8 Å². The molecule has 3 unspecified atom stereocenters. The Bertz CT molecular complexity index is 518. The van der Waals surface area contributed by atoms with Gasteiger partial charge in [0, 0.05) is 19.3 Å². The maximum atomic E-state index is 12.5. The van der Waals surface area contributed by atoms with Gasteiger partial charge >= 0.3 is 29.6 Å². The topological polar surface area (TPSA) is 88.5 Å². The van der Waals surface area contributed by atoms with Crippen molar-refractivity contribution in [2.24, 2.45) is 11.8 Å². The van der Waals surface area contributed by atoms with Crippen molar-refractivity contribution in [3.63, 3.8) is 0 Å². The summed E-state index contributed by atoms with van der Waals surface area (Å²) in [6.45, 7) is 8.14. The van der Waals surface area contributed by atoms with Crippen molar-refractivity contribution in [3.05, 3.63) is 0 Å². The third kappa shape index (κ3) is 13.2. The second-order valence-electron chi connectivity index (χ2n) is 7.45. The molecule has 3 atom stereocenters. The molecule has 27 heavy (non-hydrogen) atoms. The van der Waals surface area contributed by atoms with Crippen LogP contribution in [0.15, 0.2) is 0 Å². The summed E-state index contributed by atoms with van der Waals surface area (Å²) >= 11 is 0. The monoisotopic (exact) mass is 414 g/mol. The summed E-state index contributed by atoms with van der Waals surface area (Å²) in [7, 11) is -4.56. The van der Waals surface area contributed by atoms with Crippen LogP contribution in [0.1, 0.15) is 98.3 Å². The Morgan fingerprint density at radius 3 is 1.63 bits per heavy atom. The number of carbonyl (C=O) groups is 2. The first kappa shape index (κ1) is 29.5. The second kappa shape index (κ2) is 16.1. The quantitative estimate of drug-likeness (QED) is 0.300. The van der Waals surface area contributed by atoms with Crippen LogP contribution in [-0.2, 0) is 19.7 Å². The van der Waals surface area contributed by atoms with E-state index < -0.39 is 27.6 Å². The number of hydrogen-bond acceptors (Lipinski definition) is 4. The molecule has 0 bridgehead atoms. The molecule has 0 aliphatic rings. The number of hydrogen-bond donors (Lipinski definition) is 1. The molecule has 0 aliphatic carbocycles. The fourth-order valence-electron chi connectivity index (χ4n) is 3.30. The zero-order valence-corrected chi connectivity index (χ0v) is 17.8. The van der Waals surface area contributed by atoms with Crippen molar-refractivity contribution in [3.8, 4) is 0 Å². The Labute approximate surface area is 188 Å². The van der Waals surface area contributed by atoms with Gasteiger partial charge in [0.05, 0.1) is 0 Å². The Hall–Kier alpha value is 0.250. The van der Waals surface area contributed by atoms with Gasteiger partial charge in [-0.25, -0.2) is 0 Å². The van der Waals surface area contributed by atoms with Gasteiger partial charge in [-0.1, -0.05) is 79.1 Å². The van der Waals surface area contributed by atoms with Crippen LogP contribution in [-0.4, -0.2) is 59.3 Å². The predicted molar refractivity (Wildman–Crippen MR) is 113 cm³/mol.